The van der Waals surface area contributed by atoms with Gasteiger partial charge < -0.3 is 21.1 Å². The molecule has 0 aliphatic heterocycles. The zero-order chi connectivity index (χ0) is 20.6. The standard InChI is InChI=1S/C20H30N6O2.HI/c1-5-22-19(24-14-20(2,28)17-12-25-26(4)13-17)23-10-9-15-7-6-8-16(11-15)18(27)21-3;/h6-8,11-13,28H,5,9-10,14H2,1-4H3,(H,21,27)(H2,22,23,24);1H. The van der Waals surface area contributed by atoms with Crippen LogP contribution in [0.1, 0.15) is 35.3 Å². The number of hydrogen-bond acceptors (Lipinski definition) is 4. The largest absolute Gasteiger partial charge is 0.383 e. The minimum atomic E-state index is -1.10. The first kappa shape index (κ1) is 24.9. The van der Waals surface area contributed by atoms with Gasteiger partial charge in [0.25, 0.3) is 5.91 Å². The highest BCUT2D eigenvalue weighted by Gasteiger charge is 2.24. The number of carbonyl (C=O) groups excluding carboxylic acids is 1. The zero-order valence-corrected chi connectivity index (χ0v) is 19.7. The van der Waals surface area contributed by atoms with Gasteiger partial charge in [0, 0.05) is 44.5 Å². The van der Waals surface area contributed by atoms with Gasteiger partial charge >= 0.3 is 0 Å². The maximum Gasteiger partial charge on any atom is 0.251 e. The third-order valence-corrected chi connectivity index (χ3v) is 4.34. The summed E-state index contributed by atoms with van der Waals surface area (Å²) in [6.07, 6.45) is 4.18. The van der Waals surface area contributed by atoms with Gasteiger partial charge in [0.2, 0.25) is 0 Å². The molecule has 8 nitrogen and oxygen atoms in total. The highest BCUT2D eigenvalue weighted by atomic mass is 127. The predicted molar refractivity (Wildman–Crippen MR) is 126 cm³/mol. The summed E-state index contributed by atoms with van der Waals surface area (Å²) in [4.78, 5) is 16.2. The van der Waals surface area contributed by atoms with E-state index in [1.54, 1.807) is 37.1 Å². The fraction of sp³-hybridized carbons (Fsp3) is 0.450. The van der Waals surface area contributed by atoms with Crippen molar-refractivity contribution < 1.29 is 9.90 Å². The van der Waals surface area contributed by atoms with Crippen LogP contribution in [0.15, 0.2) is 41.7 Å². The number of aliphatic hydroxyl groups is 1. The van der Waals surface area contributed by atoms with Crippen LogP contribution in [0.5, 0.6) is 0 Å². The van der Waals surface area contributed by atoms with E-state index >= 15 is 0 Å². The summed E-state index contributed by atoms with van der Waals surface area (Å²) in [6.45, 7) is 5.29. The average Bonchev–Trinajstić information content (AvgIpc) is 3.13. The van der Waals surface area contributed by atoms with Crippen LogP contribution in [-0.4, -0.2) is 53.4 Å². The van der Waals surface area contributed by atoms with E-state index in [2.05, 4.69) is 26.0 Å². The van der Waals surface area contributed by atoms with Gasteiger partial charge in [0.15, 0.2) is 5.96 Å². The summed E-state index contributed by atoms with van der Waals surface area (Å²) in [5.41, 5.74) is 1.33. The molecule has 2 aromatic rings. The van der Waals surface area contributed by atoms with Crippen LogP contribution in [0.25, 0.3) is 0 Å². The van der Waals surface area contributed by atoms with Crippen molar-refractivity contribution in [2.45, 2.75) is 25.9 Å². The monoisotopic (exact) mass is 514 g/mol. The lowest BCUT2D eigenvalue weighted by atomic mass is 10.0. The molecule has 0 saturated heterocycles. The number of carbonyl (C=O) groups is 1. The lowest BCUT2D eigenvalue weighted by molar-refractivity contribution is 0.0671. The number of rotatable bonds is 8. The minimum Gasteiger partial charge on any atom is -0.383 e. The number of hydrogen-bond donors (Lipinski definition) is 4. The second-order valence-electron chi connectivity index (χ2n) is 6.83. The molecule has 0 aliphatic carbocycles. The van der Waals surface area contributed by atoms with Gasteiger partial charge in [0.05, 0.1) is 12.7 Å². The number of aromatic nitrogens is 2. The molecule has 0 aliphatic rings. The molecular weight excluding hydrogens is 483 g/mol. The molecule has 1 unspecified atom stereocenters. The number of amides is 1. The first-order chi connectivity index (χ1) is 13.4. The second-order valence-corrected chi connectivity index (χ2v) is 6.83. The molecular formula is C20H31IN6O2. The second kappa shape index (κ2) is 11.8. The quantitative estimate of drug-likeness (QED) is 0.242. The predicted octanol–water partition coefficient (Wildman–Crippen LogP) is 1.40. The van der Waals surface area contributed by atoms with Gasteiger partial charge in [-0.2, -0.15) is 5.10 Å². The van der Waals surface area contributed by atoms with Gasteiger partial charge in [-0.1, -0.05) is 12.1 Å². The average molecular weight is 514 g/mol. The summed E-state index contributed by atoms with van der Waals surface area (Å²) in [5.74, 6) is 0.538. The Hall–Kier alpha value is -2.14. The van der Waals surface area contributed by atoms with E-state index < -0.39 is 5.60 Å². The van der Waals surface area contributed by atoms with Crippen molar-refractivity contribution in [1.29, 1.82) is 0 Å². The van der Waals surface area contributed by atoms with E-state index in [4.69, 9.17) is 0 Å². The lowest BCUT2D eigenvalue weighted by Gasteiger charge is -2.20. The van der Waals surface area contributed by atoms with Crippen molar-refractivity contribution in [2.75, 3.05) is 26.7 Å². The van der Waals surface area contributed by atoms with E-state index in [1.807, 2.05) is 32.2 Å². The summed E-state index contributed by atoms with van der Waals surface area (Å²) in [6, 6.07) is 7.55. The topological polar surface area (TPSA) is 104 Å². The van der Waals surface area contributed by atoms with Crippen molar-refractivity contribution in [2.24, 2.45) is 12.0 Å². The highest BCUT2D eigenvalue weighted by molar-refractivity contribution is 14.0. The molecule has 1 amide bonds. The van der Waals surface area contributed by atoms with Gasteiger partial charge in [-0.3, -0.25) is 9.48 Å². The maximum absolute atomic E-state index is 11.7. The van der Waals surface area contributed by atoms with Crippen molar-refractivity contribution in [1.82, 2.24) is 25.7 Å². The Morgan fingerprint density at radius 1 is 1.34 bits per heavy atom. The molecule has 0 radical (unpaired) electrons. The SMILES string of the molecule is CCNC(=NCC(C)(O)c1cnn(C)c1)NCCc1cccc(C(=O)NC)c1.I. The molecule has 0 fully saturated rings. The van der Waals surface area contributed by atoms with Gasteiger partial charge in [0.1, 0.15) is 5.60 Å². The Morgan fingerprint density at radius 2 is 2.10 bits per heavy atom. The van der Waals surface area contributed by atoms with Crippen LogP contribution in [0.3, 0.4) is 0 Å². The first-order valence-corrected chi connectivity index (χ1v) is 9.40. The number of aryl methyl sites for hydroxylation is 1. The molecule has 29 heavy (non-hydrogen) atoms. The van der Waals surface area contributed by atoms with E-state index in [0.717, 1.165) is 17.5 Å². The van der Waals surface area contributed by atoms with Crippen LogP contribution < -0.4 is 16.0 Å². The number of aliphatic imine (C=N–C) groups is 1. The third kappa shape index (κ3) is 7.65. The molecule has 4 N–H and O–H groups in total. The molecule has 0 saturated carbocycles. The van der Waals surface area contributed by atoms with E-state index in [-0.39, 0.29) is 36.4 Å². The van der Waals surface area contributed by atoms with Crippen LogP contribution in [0.2, 0.25) is 0 Å². The molecule has 1 heterocycles. The van der Waals surface area contributed by atoms with Crippen molar-refractivity contribution in [3.05, 3.63) is 53.3 Å². The Kier molecular flexibility index (Phi) is 10.1. The Bertz CT molecular complexity index is 819. The van der Waals surface area contributed by atoms with Gasteiger partial charge in [-0.15, -0.1) is 24.0 Å². The van der Waals surface area contributed by atoms with Crippen molar-refractivity contribution in [3.63, 3.8) is 0 Å². The number of halogens is 1. The molecule has 0 bridgehead atoms. The van der Waals surface area contributed by atoms with E-state index in [0.29, 0.717) is 24.6 Å². The lowest BCUT2D eigenvalue weighted by Crippen LogP contribution is -2.39. The Labute approximate surface area is 189 Å². The number of guanidine groups is 1. The molecule has 2 rings (SSSR count). The van der Waals surface area contributed by atoms with Crippen LogP contribution in [-0.2, 0) is 19.1 Å². The number of benzene rings is 1. The molecule has 1 atom stereocenters. The summed E-state index contributed by atoms with van der Waals surface area (Å²) in [5, 5.41) is 23.9. The van der Waals surface area contributed by atoms with Crippen LogP contribution in [0, 0.1) is 0 Å². The smallest absolute Gasteiger partial charge is 0.251 e. The molecule has 1 aromatic carbocycles. The van der Waals surface area contributed by atoms with Crippen LogP contribution in [0.4, 0.5) is 0 Å². The van der Waals surface area contributed by atoms with E-state index in [1.165, 1.54) is 0 Å². The maximum atomic E-state index is 11.7. The number of nitrogens with zero attached hydrogens (tertiary/aromatic N) is 3. The Morgan fingerprint density at radius 3 is 2.72 bits per heavy atom. The Balaban J connectivity index is 0.00000420. The minimum absolute atomic E-state index is 0. The third-order valence-electron chi connectivity index (χ3n) is 4.34. The first-order valence-electron chi connectivity index (χ1n) is 9.40. The van der Waals surface area contributed by atoms with Crippen molar-refractivity contribution >= 4 is 35.8 Å². The van der Waals surface area contributed by atoms with Crippen molar-refractivity contribution in [3.8, 4) is 0 Å². The summed E-state index contributed by atoms with van der Waals surface area (Å²) < 4.78 is 1.66. The molecule has 1 aromatic heterocycles. The van der Waals surface area contributed by atoms with E-state index in [9.17, 15) is 9.90 Å². The van der Waals surface area contributed by atoms with Crippen LogP contribution >= 0.6 is 24.0 Å². The summed E-state index contributed by atoms with van der Waals surface area (Å²) >= 11 is 0. The molecule has 0 spiro atoms. The normalized spacial score (nSPS) is 13.2. The zero-order valence-electron chi connectivity index (χ0n) is 17.4. The fourth-order valence-electron chi connectivity index (χ4n) is 2.70. The molecule has 9 heteroatoms. The van der Waals surface area contributed by atoms with Gasteiger partial charge in [-0.25, -0.2) is 4.99 Å². The number of nitrogens with one attached hydrogen (secondary N) is 3. The highest BCUT2D eigenvalue weighted by Crippen LogP contribution is 2.19. The fourth-order valence-corrected chi connectivity index (χ4v) is 2.70. The molecule has 160 valence electrons. The summed E-state index contributed by atoms with van der Waals surface area (Å²) in [7, 11) is 3.43. The van der Waals surface area contributed by atoms with Gasteiger partial charge in [-0.05, 0) is 38.0 Å².